The molecule has 0 amide bonds. The third-order valence-electron chi connectivity index (χ3n) is 11.9. The molecular formula is C32H55NO6. The topological polar surface area (TPSA) is 79.2 Å². The van der Waals surface area contributed by atoms with Gasteiger partial charge in [-0.3, -0.25) is 0 Å². The number of rotatable bonds is 13. The lowest BCUT2D eigenvalue weighted by molar-refractivity contribution is -0.275. The molecule has 12 atom stereocenters. The lowest BCUT2D eigenvalue weighted by Crippen LogP contribution is -2.66. The van der Waals surface area contributed by atoms with Crippen LogP contribution in [0, 0.1) is 63.6 Å². The van der Waals surface area contributed by atoms with Crippen LogP contribution < -0.4 is 0 Å². The van der Waals surface area contributed by atoms with Crippen LogP contribution in [0.5, 0.6) is 0 Å². The molecule has 0 aliphatic heterocycles. The van der Waals surface area contributed by atoms with E-state index in [9.17, 15) is 5.26 Å². The van der Waals surface area contributed by atoms with Gasteiger partial charge in [-0.1, -0.05) is 34.1 Å². The molecule has 4 fully saturated rings. The van der Waals surface area contributed by atoms with Gasteiger partial charge >= 0.3 is 0 Å². The number of hydrogen-bond donors (Lipinski definition) is 0. The smallest absolute Gasteiger partial charge is 0.146 e. The molecule has 4 aliphatic rings. The summed E-state index contributed by atoms with van der Waals surface area (Å²) < 4.78 is 36.0. The number of nitriles is 1. The van der Waals surface area contributed by atoms with Crippen molar-refractivity contribution in [2.45, 2.75) is 104 Å². The molecule has 7 nitrogen and oxygen atoms in total. The maximum Gasteiger partial charge on any atom is 0.146 e. The van der Waals surface area contributed by atoms with Crippen molar-refractivity contribution in [2.24, 2.45) is 52.3 Å². The van der Waals surface area contributed by atoms with Gasteiger partial charge in [-0.15, -0.1) is 0 Å². The zero-order valence-corrected chi connectivity index (χ0v) is 25.7. The van der Waals surface area contributed by atoms with Crippen molar-refractivity contribution in [1.82, 2.24) is 0 Å². The molecular weight excluding hydrogens is 494 g/mol. The van der Waals surface area contributed by atoms with E-state index in [1.54, 1.807) is 21.3 Å². The molecule has 0 N–H and O–H groups in total. The molecule has 0 aromatic carbocycles. The Labute approximate surface area is 237 Å². The lowest BCUT2D eigenvalue weighted by atomic mass is 9.40. The van der Waals surface area contributed by atoms with E-state index < -0.39 is 0 Å². The Morgan fingerprint density at radius 1 is 0.897 bits per heavy atom. The molecule has 4 aliphatic carbocycles. The number of hydrogen-bond acceptors (Lipinski definition) is 7. The Kier molecular flexibility index (Phi) is 10.8. The number of fused-ring (bicyclic) bond motifs is 5. The summed E-state index contributed by atoms with van der Waals surface area (Å²) >= 11 is 0. The molecule has 4 saturated carbocycles. The van der Waals surface area contributed by atoms with Gasteiger partial charge in [0.05, 0.1) is 24.4 Å². The highest BCUT2D eigenvalue weighted by atomic mass is 16.7. The van der Waals surface area contributed by atoms with Crippen LogP contribution in [0.2, 0.25) is 0 Å². The third kappa shape index (κ3) is 5.81. The first-order chi connectivity index (χ1) is 18.8. The van der Waals surface area contributed by atoms with E-state index in [1.165, 1.54) is 12.8 Å². The van der Waals surface area contributed by atoms with Gasteiger partial charge in [-0.2, -0.15) is 5.26 Å². The highest BCUT2D eigenvalue weighted by molar-refractivity contribution is 5.16. The minimum absolute atomic E-state index is 0.121. The van der Waals surface area contributed by atoms with Crippen LogP contribution in [-0.4, -0.2) is 60.0 Å². The van der Waals surface area contributed by atoms with Gasteiger partial charge in [0.1, 0.15) is 20.4 Å². The van der Waals surface area contributed by atoms with Crippen molar-refractivity contribution in [1.29, 1.82) is 5.26 Å². The highest BCUT2D eigenvalue weighted by Crippen LogP contribution is 2.70. The molecule has 0 saturated heterocycles. The van der Waals surface area contributed by atoms with E-state index in [1.807, 2.05) is 0 Å². The van der Waals surface area contributed by atoms with Gasteiger partial charge in [0.2, 0.25) is 0 Å². The van der Waals surface area contributed by atoms with Gasteiger partial charge < -0.3 is 28.4 Å². The normalized spacial score (nSPS) is 44.2. The Bertz CT molecular complexity index is 819. The van der Waals surface area contributed by atoms with Crippen molar-refractivity contribution in [3.63, 3.8) is 0 Å². The maximum absolute atomic E-state index is 9.30. The fourth-order valence-corrected chi connectivity index (χ4v) is 10.5. The van der Waals surface area contributed by atoms with E-state index in [0.717, 1.165) is 38.5 Å². The van der Waals surface area contributed by atoms with Crippen molar-refractivity contribution in [3.05, 3.63) is 0 Å². The number of nitrogens with zero attached hydrogens (tertiary/aromatic N) is 1. The summed E-state index contributed by atoms with van der Waals surface area (Å²) in [4.78, 5) is 0. The fourth-order valence-electron chi connectivity index (χ4n) is 10.5. The summed E-state index contributed by atoms with van der Waals surface area (Å²) in [7, 11) is 5.17. The lowest BCUT2D eigenvalue weighted by Gasteiger charge is -2.67. The summed E-state index contributed by atoms with van der Waals surface area (Å²) in [6.45, 7) is 10.8. The number of methoxy groups -OCH3 is 3. The average molecular weight is 550 g/mol. The van der Waals surface area contributed by atoms with Crippen molar-refractivity contribution in [3.8, 4) is 6.07 Å². The standard InChI is InChI=1S/C32H55NO6/c1-8-23-26-16-22(37-18-34-5)13-14-31(26,3)29-27(38-19-35-6)17-32(4)24(21(2)10-9-15-33)11-12-25(32)28(29)30(23)39-20-36-7/h21-30H,8-14,16-20H2,1-7H3/t21-,22-,23-,24-,25+,26+,27+,28+,29+,30-,31+,32-/m1/s1. The summed E-state index contributed by atoms with van der Waals surface area (Å²) in [6.07, 6.45) is 9.94. The van der Waals surface area contributed by atoms with E-state index in [-0.39, 0.29) is 29.1 Å². The second-order valence-corrected chi connectivity index (χ2v) is 13.6. The Balaban J connectivity index is 1.75. The molecule has 0 aromatic heterocycles. The quantitative estimate of drug-likeness (QED) is 0.246. The second kappa shape index (κ2) is 13.5. The van der Waals surface area contributed by atoms with Gasteiger partial charge in [-0.05, 0) is 97.2 Å². The minimum atomic E-state index is 0.121. The SMILES string of the molecule is CC[C@H]1[C@@H](OCOC)[C@@H]2[C@H]([C@@H](OCOC)C[C@]3(C)[C@@H]([C@H](C)CCC#N)CC[C@@H]23)[C@@]2(C)CC[C@@H](OCOC)C[C@@H]12. The van der Waals surface area contributed by atoms with Crippen molar-refractivity contribution in [2.75, 3.05) is 41.7 Å². The van der Waals surface area contributed by atoms with E-state index >= 15 is 0 Å². The van der Waals surface area contributed by atoms with Crippen LogP contribution in [0.4, 0.5) is 0 Å². The van der Waals surface area contributed by atoms with Crippen molar-refractivity contribution < 1.29 is 28.4 Å². The van der Waals surface area contributed by atoms with Gasteiger partial charge in [0, 0.05) is 27.8 Å². The summed E-state index contributed by atoms with van der Waals surface area (Å²) in [5.74, 6) is 3.45. The van der Waals surface area contributed by atoms with E-state index in [0.29, 0.717) is 68.2 Å². The van der Waals surface area contributed by atoms with Gasteiger partial charge in [0.25, 0.3) is 0 Å². The van der Waals surface area contributed by atoms with Gasteiger partial charge in [-0.25, -0.2) is 0 Å². The van der Waals surface area contributed by atoms with E-state index in [2.05, 4.69) is 33.8 Å². The largest absolute Gasteiger partial charge is 0.359 e. The zero-order chi connectivity index (χ0) is 28.2. The molecule has 7 heteroatoms. The van der Waals surface area contributed by atoms with Crippen LogP contribution in [0.25, 0.3) is 0 Å². The first kappa shape index (κ1) is 31.2. The third-order valence-corrected chi connectivity index (χ3v) is 11.9. The Hall–Kier alpha value is -0.750. The Morgan fingerprint density at radius 3 is 2.26 bits per heavy atom. The molecule has 0 spiro atoms. The van der Waals surface area contributed by atoms with Crippen LogP contribution in [0.3, 0.4) is 0 Å². The minimum Gasteiger partial charge on any atom is -0.359 e. The van der Waals surface area contributed by atoms with Crippen LogP contribution in [0.15, 0.2) is 0 Å². The summed E-state index contributed by atoms with van der Waals surface area (Å²) in [6, 6.07) is 2.39. The molecule has 39 heavy (non-hydrogen) atoms. The molecule has 224 valence electrons. The predicted octanol–water partition coefficient (Wildman–Crippen LogP) is 6.41. The fraction of sp³-hybridized carbons (Fsp3) is 0.969. The molecule has 0 radical (unpaired) electrons. The first-order valence-electron chi connectivity index (χ1n) is 15.5. The van der Waals surface area contributed by atoms with Crippen molar-refractivity contribution >= 4 is 0 Å². The van der Waals surface area contributed by atoms with Gasteiger partial charge in [0.15, 0.2) is 0 Å². The van der Waals surface area contributed by atoms with E-state index in [4.69, 9.17) is 28.4 Å². The monoisotopic (exact) mass is 549 g/mol. The second-order valence-electron chi connectivity index (χ2n) is 13.6. The number of ether oxygens (including phenoxy) is 6. The van der Waals surface area contributed by atoms with Crippen LogP contribution in [0.1, 0.15) is 85.5 Å². The first-order valence-corrected chi connectivity index (χ1v) is 15.5. The summed E-state index contributed by atoms with van der Waals surface area (Å²) in [5.41, 5.74) is 0.304. The predicted molar refractivity (Wildman–Crippen MR) is 149 cm³/mol. The maximum atomic E-state index is 9.30. The molecule has 0 unspecified atom stereocenters. The molecule has 4 rings (SSSR count). The Morgan fingerprint density at radius 2 is 1.59 bits per heavy atom. The summed E-state index contributed by atoms with van der Waals surface area (Å²) in [5, 5.41) is 9.30. The highest BCUT2D eigenvalue weighted by Gasteiger charge is 2.68. The van der Waals surface area contributed by atoms with Crippen LogP contribution in [-0.2, 0) is 28.4 Å². The zero-order valence-electron chi connectivity index (χ0n) is 25.7. The molecule has 0 heterocycles. The average Bonchev–Trinajstić information content (AvgIpc) is 3.28. The molecule has 0 aromatic rings. The molecule has 0 bridgehead atoms. The van der Waals surface area contributed by atoms with Crippen LogP contribution >= 0.6 is 0 Å².